The minimum atomic E-state index is -0.898. The number of nitrogens with zero attached hydrogens (tertiary/aromatic N) is 2. The number of nitriles is 1. The molecule has 0 aliphatic carbocycles. The van der Waals surface area contributed by atoms with Crippen molar-refractivity contribution in [2.24, 2.45) is 0 Å². The monoisotopic (exact) mass is 467 g/mol. The Balaban J connectivity index is 1.74. The van der Waals surface area contributed by atoms with Crippen LogP contribution < -0.4 is 0 Å². The van der Waals surface area contributed by atoms with Gasteiger partial charge in [-0.2, -0.15) is 5.26 Å². The van der Waals surface area contributed by atoms with Gasteiger partial charge in [0.25, 0.3) is 0 Å². The topological polar surface area (TPSA) is 108 Å². The van der Waals surface area contributed by atoms with Crippen LogP contribution in [-0.4, -0.2) is 27.7 Å². The van der Waals surface area contributed by atoms with Crippen molar-refractivity contribution in [2.75, 3.05) is 6.61 Å². The van der Waals surface area contributed by atoms with Gasteiger partial charge in [0.15, 0.2) is 0 Å². The number of aliphatic carboxylic acids is 1. The second kappa shape index (κ2) is 9.26. The van der Waals surface area contributed by atoms with E-state index in [0.29, 0.717) is 38.2 Å². The number of aromatic nitrogens is 2. The van der Waals surface area contributed by atoms with Crippen molar-refractivity contribution in [3.63, 3.8) is 0 Å². The highest BCUT2D eigenvalue weighted by Crippen LogP contribution is 2.44. The molecule has 0 radical (unpaired) electrons. The first kappa shape index (κ1) is 23.4. The Hall–Kier alpha value is -2.73. The number of carbonyl (C=O) groups is 1. The second-order valence-corrected chi connectivity index (χ2v) is 9.98. The van der Waals surface area contributed by atoms with Crippen molar-refractivity contribution >= 4 is 28.2 Å². The molecule has 0 saturated heterocycles. The zero-order valence-electron chi connectivity index (χ0n) is 19.5. The first-order chi connectivity index (χ1) is 15.8. The van der Waals surface area contributed by atoms with E-state index in [9.17, 15) is 15.2 Å². The summed E-state index contributed by atoms with van der Waals surface area (Å²) in [5.74, 6) is -0.894. The summed E-state index contributed by atoms with van der Waals surface area (Å²) in [6, 6.07) is 4.26. The van der Waals surface area contributed by atoms with E-state index in [1.54, 1.807) is 11.3 Å². The number of aryl methyl sites for hydroxylation is 3. The molecule has 4 rings (SSSR count). The number of H-pyrrole nitrogens is 1. The van der Waals surface area contributed by atoms with Crippen molar-refractivity contribution in [3.8, 4) is 6.07 Å². The summed E-state index contributed by atoms with van der Waals surface area (Å²) in [7, 11) is 0. The van der Waals surface area contributed by atoms with Crippen molar-refractivity contribution in [1.29, 1.82) is 5.26 Å². The molecule has 1 atom stereocenters. The molecule has 174 valence electrons. The summed E-state index contributed by atoms with van der Waals surface area (Å²) < 4.78 is 12.1. The summed E-state index contributed by atoms with van der Waals surface area (Å²) in [4.78, 5) is 20.8. The van der Waals surface area contributed by atoms with Crippen molar-refractivity contribution in [3.05, 3.63) is 49.6 Å². The molecule has 3 heterocycles. The second-order valence-electron chi connectivity index (χ2n) is 8.70. The zero-order chi connectivity index (χ0) is 23.8. The molecule has 1 aromatic carbocycles. The molecule has 1 aliphatic heterocycles. The maximum absolute atomic E-state index is 11.7. The number of hydrogen-bond donors (Lipinski definition) is 2. The van der Waals surface area contributed by atoms with E-state index in [1.165, 1.54) is 0 Å². The molecule has 0 spiro atoms. The first-order valence-corrected chi connectivity index (χ1v) is 12.0. The van der Waals surface area contributed by atoms with Gasteiger partial charge in [-0.3, -0.25) is 4.79 Å². The van der Waals surface area contributed by atoms with Gasteiger partial charge in [0.2, 0.25) is 0 Å². The number of benzene rings is 1. The molecule has 8 heteroatoms. The molecule has 3 aromatic rings. The molecule has 0 bridgehead atoms. The zero-order valence-corrected chi connectivity index (χ0v) is 20.3. The number of rotatable bonds is 8. The standard InChI is InChI=1S/C25H29N3O4S/c1-5-7-25(10-21(29)30)24-19(6-8-32-25)22-17(11-26)9-18(14(2)23(22)28-24)12-31-13-20-15(3)27-16(4)33-20/h9,28H,5-8,10,12-13H2,1-4H3,(H,29,30). The number of aromatic amines is 1. The molecule has 33 heavy (non-hydrogen) atoms. The van der Waals surface area contributed by atoms with Crippen molar-refractivity contribution in [1.82, 2.24) is 9.97 Å². The first-order valence-electron chi connectivity index (χ1n) is 11.2. The fourth-order valence-electron chi connectivity index (χ4n) is 4.96. The van der Waals surface area contributed by atoms with E-state index in [-0.39, 0.29) is 6.42 Å². The molecule has 0 saturated carbocycles. The number of nitrogens with one attached hydrogen (secondary N) is 1. The largest absolute Gasteiger partial charge is 0.481 e. The quantitative estimate of drug-likeness (QED) is 0.472. The van der Waals surface area contributed by atoms with Crippen LogP contribution in [0.2, 0.25) is 0 Å². The minimum absolute atomic E-state index is 0.106. The average Bonchev–Trinajstić information content (AvgIpc) is 3.30. The molecule has 2 N–H and O–H groups in total. The fourth-order valence-corrected chi connectivity index (χ4v) is 5.84. The van der Waals surface area contributed by atoms with Gasteiger partial charge in [-0.05, 0) is 56.4 Å². The predicted molar refractivity (Wildman–Crippen MR) is 126 cm³/mol. The predicted octanol–water partition coefficient (Wildman–Crippen LogP) is 5.18. The highest BCUT2D eigenvalue weighted by molar-refractivity contribution is 7.11. The van der Waals surface area contributed by atoms with Crippen LogP contribution in [0.15, 0.2) is 6.07 Å². The maximum atomic E-state index is 11.7. The van der Waals surface area contributed by atoms with Crippen LogP contribution in [0.1, 0.15) is 69.7 Å². The summed E-state index contributed by atoms with van der Waals surface area (Å²) in [6.45, 7) is 9.31. The lowest BCUT2D eigenvalue weighted by atomic mass is 9.84. The number of carboxylic acid groups (broad SMARTS) is 1. The summed E-state index contributed by atoms with van der Waals surface area (Å²) in [5.41, 5.74) is 5.32. The van der Waals surface area contributed by atoms with Gasteiger partial charge in [-0.1, -0.05) is 13.3 Å². The van der Waals surface area contributed by atoms with E-state index >= 15 is 0 Å². The van der Waals surface area contributed by atoms with Crippen LogP contribution in [0.5, 0.6) is 0 Å². The maximum Gasteiger partial charge on any atom is 0.306 e. The number of carboxylic acids is 1. The van der Waals surface area contributed by atoms with Crippen LogP contribution >= 0.6 is 11.3 Å². The SMILES string of the molecule is CCCC1(CC(=O)O)OCCc2c1[nH]c1c(C)c(COCc3sc(C)nc3C)cc(C#N)c21. The lowest BCUT2D eigenvalue weighted by molar-refractivity contribution is -0.149. The third-order valence-corrected chi connectivity index (χ3v) is 7.48. The molecule has 0 fully saturated rings. The number of fused-ring (bicyclic) bond motifs is 3. The highest BCUT2D eigenvalue weighted by atomic mass is 32.1. The third-order valence-electron chi connectivity index (χ3n) is 6.44. The van der Waals surface area contributed by atoms with E-state index in [4.69, 9.17) is 9.47 Å². The normalized spacial score (nSPS) is 17.8. The molecule has 1 aliphatic rings. The van der Waals surface area contributed by atoms with E-state index in [2.05, 4.69) is 16.0 Å². The van der Waals surface area contributed by atoms with Gasteiger partial charge in [-0.25, -0.2) is 4.98 Å². The Morgan fingerprint density at radius 3 is 2.82 bits per heavy atom. The minimum Gasteiger partial charge on any atom is -0.481 e. The third kappa shape index (κ3) is 4.29. The lowest BCUT2D eigenvalue weighted by Gasteiger charge is -2.36. The van der Waals surface area contributed by atoms with E-state index < -0.39 is 11.6 Å². The van der Waals surface area contributed by atoms with Gasteiger partial charge in [-0.15, -0.1) is 11.3 Å². The molecular weight excluding hydrogens is 438 g/mol. The summed E-state index contributed by atoms with van der Waals surface area (Å²) >= 11 is 1.63. The Kier molecular flexibility index (Phi) is 6.57. The van der Waals surface area contributed by atoms with Crippen LogP contribution in [-0.2, 0) is 39.5 Å². The van der Waals surface area contributed by atoms with Crippen LogP contribution in [0.25, 0.3) is 10.9 Å². The number of hydrogen-bond acceptors (Lipinski definition) is 6. The van der Waals surface area contributed by atoms with Gasteiger partial charge < -0.3 is 19.6 Å². The van der Waals surface area contributed by atoms with Crippen LogP contribution in [0.3, 0.4) is 0 Å². The summed E-state index contributed by atoms with van der Waals surface area (Å²) in [6.07, 6.45) is 1.94. The van der Waals surface area contributed by atoms with Gasteiger partial charge in [0.05, 0.1) is 64.7 Å². The number of thiazole rings is 1. The Morgan fingerprint density at radius 1 is 1.39 bits per heavy atom. The molecule has 7 nitrogen and oxygen atoms in total. The Bertz CT molecular complexity index is 1250. The fraction of sp³-hybridized carbons (Fsp3) is 0.480. The van der Waals surface area contributed by atoms with Crippen LogP contribution in [0.4, 0.5) is 0 Å². The smallest absolute Gasteiger partial charge is 0.306 e. The lowest BCUT2D eigenvalue weighted by Crippen LogP contribution is -2.37. The van der Waals surface area contributed by atoms with Crippen molar-refractivity contribution < 1.29 is 19.4 Å². The van der Waals surface area contributed by atoms with Gasteiger partial charge in [0.1, 0.15) is 5.60 Å². The molecular formula is C25H29N3O4S. The van der Waals surface area contributed by atoms with Crippen molar-refractivity contribution in [2.45, 2.75) is 72.2 Å². The average molecular weight is 468 g/mol. The summed E-state index contributed by atoms with van der Waals surface area (Å²) in [5, 5.41) is 21.5. The molecule has 1 unspecified atom stereocenters. The Labute approximate surface area is 197 Å². The number of ether oxygens (including phenoxy) is 2. The van der Waals surface area contributed by atoms with E-state index in [0.717, 1.165) is 55.3 Å². The van der Waals surface area contributed by atoms with Crippen LogP contribution in [0, 0.1) is 32.1 Å². The molecule has 2 aromatic heterocycles. The van der Waals surface area contributed by atoms with Gasteiger partial charge in [0, 0.05) is 5.39 Å². The van der Waals surface area contributed by atoms with Gasteiger partial charge >= 0.3 is 5.97 Å². The Morgan fingerprint density at radius 2 is 2.18 bits per heavy atom. The highest BCUT2D eigenvalue weighted by Gasteiger charge is 2.42. The molecule has 0 amide bonds. The van der Waals surface area contributed by atoms with E-state index in [1.807, 2.05) is 33.8 Å².